The van der Waals surface area contributed by atoms with Crippen LogP contribution in [0, 0.1) is 5.92 Å². The Morgan fingerprint density at radius 1 is 1.05 bits per heavy atom. The third-order valence-corrected chi connectivity index (χ3v) is 4.30. The fourth-order valence-electron chi connectivity index (χ4n) is 3.18. The van der Waals surface area contributed by atoms with Crippen LogP contribution in [0.15, 0.2) is 12.1 Å². The van der Waals surface area contributed by atoms with Crippen LogP contribution in [-0.2, 0) is 6.54 Å². The molecule has 21 heavy (non-hydrogen) atoms. The molecule has 4 heteroatoms. The standard InChI is InChI=1S/C17H27NO3/c1-12-6-5-7-14(10-12)18-11-13-8-9-15(19-2)17(21-4)16(13)20-3/h8-9,12,14,18H,5-7,10-11H2,1-4H3. The zero-order chi connectivity index (χ0) is 15.2. The fraction of sp³-hybridized carbons (Fsp3) is 0.647. The second-order valence-electron chi connectivity index (χ2n) is 5.84. The summed E-state index contributed by atoms with van der Waals surface area (Å²) < 4.78 is 16.3. The molecular formula is C17H27NO3. The molecular weight excluding hydrogens is 266 g/mol. The molecule has 1 aliphatic carbocycles. The summed E-state index contributed by atoms with van der Waals surface area (Å²) in [5.41, 5.74) is 1.10. The molecule has 0 saturated heterocycles. The van der Waals surface area contributed by atoms with Gasteiger partial charge in [-0.05, 0) is 24.8 Å². The minimum atomic E-state index is 0.603. The molecule has 2 rings (SSSR count). The lowest BCUT2D eigenvalue weighted by Gasteiger charge is -2.28. The maximum atomic E-state index is 5.53. The highest BCUT2D eigenvalue weighted by Gasteiger charge is 2.20. The van der Waals surface area contributed by atoms with Crippen molar-refractivity contribution in [1.29, 1.82) is 0 Å². The highest BCUT2D eigenvalue weighted by molar-refractivity contribution is 5.55. The summed E-state index contributed by atoms with van der Waals surface area (Å²) in [7, 11) is 4.95. The monoisotopic (exact) mass is 293 g/mol. The number of rotatable bonds is 6. The maximum absolute atomic E-state index is 5.53. The zero-order valence-electron chi connectivity index (χ0n) is 13.6. The van der Waals surface area contributed by atoms with Gasteiger partial charge in [0.15, 0.2) is 11.5 Å². The molecule has 0 amide bonds. The number of ether oxygens (including phenoxy) is 3. The van der Waals surface area contributed by atoms with Crippen molar-refractivity contribution in [3.05, 3.63) is 17.7 Å². The normalized spacial score (nSPS) is 21.9. The van der Waals surface area contributed by atoms with Crippen molar-refractivity contribution in [3.8, 4) is 17.2 Å². The van der Waals surface area contributed by atoms with E-state index in [1.54, 1.807) is 21.3 Å². The van der Waals surface area contributed by atoms with Crippen LogP contribution >= 0.6 is 0 Å². The van der Waals surface area contributed by atoms with Gasteiger partial charge in [0.05, 0.1) is 21.3 Å². The van der Waals surface area contributed by atoms with E-state index in [9.17, 15) is 0 Å². The van der Waals surface area contributed by atoms with E-state index in [0.717, 1.165) is 23.8 Å². The molecule has 1 aromatic carbocycles. The molecule has 1 saturated carbocycles. The van der Waals surface area contributed by atoms with Crippen LogP contribution in [0.4, 0.5) is 0 Å². The zero-order valence-corrected chi connectivity index (χ0v) is 13.6. The second-order valence-corrected chi connectivity index (χ2v) is 5.84. The fourth-order valence-corrected chi connectivity index (χ4v) is 3.18. The smallest absolute Gasteiger partial charge is 0.203 e. The van der Waals surface area contributed by atoms with Crippen LogP contribution in [0.1, 0.15) is 38.2 Å². The minimum absolute atomic E-state index is 0.603. The topological polar surface area (TPSA) is 39.7 Å². The summed E-state index contributed by atoms with van der Waals surface area (Å²) in [5.74, 6) is 2.94. The Kier molecular flexibility index (Phi) is 5.74. The molecule has 4 nitrogen and oxygen atoms in total. The summed E-state index contributed by atoms with van der Waals surface area (Å²) in [4.78, 5) is 0. The Balaban J connectivity index is 2.08. The van der Waals surface area contributed by atoms with Crippen LogP contribution in [0.25, 0.3) is 0 Å². The van der Waals surface area contributed by atoms with Gasteiger partial charge in [0.2, 0.25) is 5.75 Å². The lowest BCUT2D eigenvalue weighted by molar-refractivity contribution is 0.296. The van der Waals surface area contributed by atoms with E-state index in [-0.39, 0.29) is 0 Å². The lowest BCUT2D eigenvalue weighted by Crippen LogP contribution is -2.33. The van der Waals surface area contributed by atoms with Crippen molar-refractivity contribution in [2.24, 2.45) is 5.92 Å². The van der Waals surface area contributed by atoms with Gasteiger partial charge in [-0.15, -0.1) is 0 Å². The van der Waals surface area contributed by atoms with Crippen LogP contribution in [0.2, 0.25) is 0 Å². The molecule has 2 atom stereocenters. The molecule has 118 valence electrons. The van der Waals surface area contributed by atoms with E-state index in [1.807, 2.05) is 12.1 Å². The van der Waals surface area contributed by atoms with E-state index in [4.69, 9.17) is 14.2 Å². The van der Waals surface area contributed by atoms with E-state index >= 15 is 0 Å². The van der Waals surface area contributed by atoms with Gasteiger partial charge in [-0.25, -0.2) is 0 Å². The van der Waals surface area contributed by atoms with E-state index in [2.05, 4.69) is 12.2 Å². The molecule has 1 aliphatic rings. The summed E-state index contributed by atoms with van der Waals surface area (Å²) in [6.07, 6.45) is 5.20. The first-order chi connectivity index (χ1) is 10.2. The molecule has 0 bridgehead atoms. The van der Waals surface area contributed by atoms with Crippen LogP contribution in [0.3, 0.4) is 0 Å². The average Bonchev–Trinajstić information content (AvgIpc) is 2.51. The van der Waals surface area contributed by atoms with Crippen LogP contribution in [0.5, 0.6) is 17.2 Å². The average molecular weight is 293 g/mol. The number of methoxy groups -OCH3 is 3. The molecule has 0 heterocycles. The Morgan fingerprint density at radius 3 is 2.43 bits per heavy atom. The van der Waals surface area contributed by atoms with Gasteiger partial charge in [-0.1, -0.05) is 25.8 Å². The minimum Gasteiger partial charge on any atom is -0.493 e. The van der Waals surface area contributed by atoms with Gasteiger partial charge in [0.1, 0.15) is 0 Å². The van der Waals surface area contributed by atoms with Gasteiger partial charge < -0.3 is 19.5 Å². The number of hydrogen-bond acceptors (Lipinski definition) is 4. The second kappa shape index (κ2) is 7.55. The molecule has 1 N–H and O–H groups in total. The lowest BCUT2D eigenvalue weighted by atomic mass is 9.87. The molecule has 2 unspecified atom stereocenters. The summed E-state index contributed by atoms with van der Waals surface area (Å²) in [6, 6.07) is 4.58. The van der Waals surface area contributed by atoms with E-state index in [1.165, 1.54) is 25.7 Å². The van der Waals surface area contributed by atoms with Gasteiger partial charge in [0.25, 0.3) is 0 Å². The predicted molar refractivity (Wildman–Crippen MR) is 84.4 cm³/mol. The Hall–Kier alpha value is -1.42. The van der Waals surface area contributed by atoms with Gasteiger partial charge in [-0.3, -0.25) is 0 Å². The highest BCUT2D eigenvalue weighted by atomic mass is 16.5. The first-order valence-electron chi connectivity index (χ1n) is 7.70. The maximum Gasteiger partial charge on any atom is 0.203 e. The molecule has 0 spiro atoms. The summed E-state index contributed by atoms with van der Waals surface area (Å²) in [5, 5.41) is 3.66. The van der Waals surface area contributed by atoms with Gasteiger partial charge in [-0.2, -0.15) is 0 Å². The van der Waals surface area contributed by atoms with Gasteiger partial charge in [0, 0.05) is 18.2 Å². The summed E-state index contributed by atoms with van der Waals surface area (Å²) in [6.45, 7) is 3.13. The third-order valence-electron chi connectivity index (χ3n) is 4.30. The Morgan fingerprint density at radius 2 is 1.81 bits per heavy atom. The van der Waals surface area contributed by atoms with Gasteiger partial charge >= 0.3 is 0 Å². The first-order valence-corrected chi connectivity index (χ1v) is 7.70. The molecule has 1 aromatic rings. The molecule has 0 aromatic heterocycles. The van der Waals surface area contributed by atoms with Crippen molar-refractivity contribution < 1.29 is 14.2 Å². The predicted octanol–water partition coefficient (Wildman–Crippen LogP) is 3.38. The van der Waals surface area contributed by atoms with Crippen molar-refractivity contribution in [2.45, 2.75) is 45.2 Å². The Labute approximate surface area is 127 Å². The van der Waals surface area contributed by atoms with Crippen molar-refractivity contribution in [1.82, 2.24) is 5.32 Å². The third kappa shape index (κ3) is 3.82. The number of nitrogens with one attached hydrogen (secondary N) is 1. The number of benzene rings is 1. The molecule has 1 fully saturated rings. The SMILES string of the molecule is COc1ccc(CNC2CCCC(C)C2)c(OC)c1OC. The highest BCUT2D eigenvalue weighted by Crippen LogP contribution is 2.39. The van der Waals surface area contributed by atoms with Crippen molar-refractivity contribution in [2.75, 3.05) is 21.3 Å². The van der Waals surface area contributed by atoms with Crippen molar-refractivity contribution >= 4 is 0 Å². The number of hydrogen-bond donors (Lipinski definition) is 1. The summed E-state index contributed by atoms with van der Waals surface area (Å²) >= 11 is 0. The van der Waals surface area contributed by atoms with E-state index in [0.29, 0.717) is 17.5 Å². The Bertz CT molecular complexity index is 462. The van der Waals surface area contributed by atoms with Crippen molar-refractivity contribution in [3.63, 3.8) is 0 Å². The van der Waals surface area contributed by atoms with E-state index < -0.39 is 0 Å². The first kappa shape index (κ1) is 16.0. The molecule has 0 aliphatic heterocycles. The quantitative estimate of drug-likeness (QED) is 0.873. The van der Waals surface area contributed by atoms with Crippen LogP contribution < -0.4 is 19.5 Å². The van der Waals surface area contributed by atoms with Crippen LogP contribution in [-0.4, -0.2) is 27.4 Å². The largest absolute Gasteiger partial charge is 0.493 e. The molecule has 0 radical (unpaired) electrons.